The zero-order chi connectivity index (χ0) is 15.7. The van der Waals surface area contributed by atoms with Gasteiger partial charge in [0.05, 0.1) is 7.11 Å². The maximum Gasteiger partial charge on any atom is 0.408 e. The number of nitrogens with zero attached hydrogens (tertiary/aromatic N) is 1. The molecular formula is C15H20N2O4. The molecule has 1 N–H and O–H groups in total. The van der Waals surface area contributed by atoms with Crippen LogP contribution in [0.3, 0.4) is 0 Å². The van der Waals surface area contributed by atoms with E-state index in [0.29, 0.717) is 0 Å². The molecule has 0 aliphatic carbocycles. The van der Waals surface area contributed by atoms with E-state index in [9.17, 15) is 9.59 Å². The normalized spacial score (nSPS) is 11.3. The van der Waals surface area contributed by atoms with Gasteiger partial charge in [0, 0.05) is 7.05 Å². The Bertz CT molecular complexity index is 476. The van der Waals surface area contributed by atoms with Crippen molar-refractivity contribution in [1.82, 2.24) is 10.4 Å². The average Bonchev–Trinajstić information content (AvgIpc) is 2.52. The van der Waals surface area contributed by atoms with Gasteiger partial charge >= 0.3 is 6.09 Å². The number of amides is 2. The number of carbonyl (C=O) groups excluding carboxylic acids is 2. The summed E-state index contributed by atoms with van der Waals surface area (Å²) < 4.78 is 5.07. The lowest BCUT2D eigenvalue weighted by atomic mass is 10.2. The largest absolute Gasteiger partial charge is 0.445 e. The summed E-state index contributed by atoms with van der Waals surface area (Å²) in [6.45, 7) is 3.71. The minimum absolute atomic E-state index is 0.141. The van der Waals surface area contributed by atoms with E-state index in [4.69, 9.17) is 9.57 Å². The zero-order valence-corrected chi connectivity index (χ0v) is 12.2. The van der Waals surface area contributed by atoms with Crippen LogP contribution in [-0.4, -0.2) is 37.3 Å². The highest BCUT2D eigenvalue weighted by Gasteiger charge is 2.23. The van der Waals surface area contributed by atoms with E-state index >= 15 is 0 Å². The molecule has 0 aliphatic heterocycles. The topological polar surface area (TPSA) is 67.9 Å². The number of hydrogen-bond donors (Lipinski definition) is 1. The Balaban J connectivity index is 2.52. The Morgan fingerprint density at radius 3 is 2.62 bits per heavy atom. The Labute approximate surface area is 124 Å². The first-order chi connectivity index (χ1) is 10.1. The van der Waals surface area contributed by atoms with Crippen molar-refractivity contribution in [1.29, 1.82) is 0 Å². The van der Waals surface area contributed by atoms with Crippen molar-refractivity contribution in [2.45, 2.75) is 19.1 Å². The van der Waals surface area contributed by atoms with Gasteiger partial charge in [-0.15, -0.1) is 6.58 Å². The van der Waals surface area contributed by atoms with Crippen LogP contribution in [0, 0.1) is 0 Å². The zero-order valence-electron chi connectivity index (χ0n) is 12.2. The molecule has 2 amide bonds. The summed E-state index contributed by atoms with van der Waals surface area (Å²) in [5, 5.41) is 3.55. The third-order valence-electron chi connectivity index (χ3n) is 2.79. The second-order valence-electron chi connectivity index (χ2n) is 4.30. The van der Waals surface area contributed by atoms with Crippen molar-refractivity contribution in [2.24, 2.45) is 0 Å². The molecule has 114 valence electrons. The summed E-state index contributed by atoms with van der Waals surface area (Å²) in [5.74, 6) is -0.380. The molecule has 1 aromatic rings. The quantitative estimate of drug-likeness (QED) is 0.615. The SMILES string of the molecule is C=CC[C@@H](NC(=O)OCc1ccccc1)C(=O)N(C)OC. The fourth-order valence-electron chi connectivity index (χ4n) is 1.60. The number of alkyl carbamates (subject to hydrolysis) is 1. The van der Waals surface area contributed by atoms with E-state index < -0.39 is 12.1 Å². The summed E-state index contributed by atoms with van der Waals surface area (Å²) in [4.78, 5) is 28.5. The highest BCUT2D eigenvalue weighted by Crippen LogP contribution is 2.03. The smallest absolute Gasteiger partial charge is 0.408 e. The molecule has 0 fully saturated rings. The van der Waals surface area contributed by atoms with Crippen LogP contribution in [0.25, 0.3) is 0 Å². The molecule has 0 saturated heterocycles. The van der Waals surface area contributed by atoms with Crippen molar-refractivity contribution in [3.63, 3.8) is 0 Å². The second kappa shape index (κ2) is 8.76. The van der Waals surface area contributed by atoms with Gasteiger partial charge in [0.1, 0.15) is 12.6 Å². The molecule has 1 atom stereocenters. The van der Waals surface area contributed by atoms with Gasteiger partial charge in [-0.1, -0.05) is 36.4 Å². The first-order valence-electron chi connectivity index (χ1n) is 6.48. The molecule has 1 aromatic carbocycles. The van der Waals surface area contributed by atoms with E-state index in [1.54, 1.807) is 6.08 Å². The van der Waals surface area contributed by atoms with Crippen LogP contribution in [0.2, 0.25) is 0 Å². The second-order valence-corrected chi connectivity index (χ2v) is 4.30. The molecule has 1 rings (SSSR count). The molecule has 21 heavy (non-hydrogen) atoms. The fraction of sp³-hybridized carbons (Fsp3) is 0.333. The van der Waals surface area contributed by atoms with Crippen LogP contribution in [0.4, 0.5) is 4.79 Å². The maximum atomic E-state index is 12.0. The number of benzene rings is 1. The fourth-order valence-corrected chi connectivity index (χ4v) is 1.60. The summed E-state index contributed by atoms with van der Waals surface area (Å²) >= 11 is 0. The molecule has 6 heteroatoms. The van der Waals surface area contributed by atoms with Crippen molar-refractivity contribution in [3.05, 3.63) is 48.6 Å². The summed E-state index contributed by atoms with van der Waals surface area (Å²) in [6.07, 6.45) is 1.17. The van der Waals surface area contributed by atoms with Crippen molar-refractivity contribution < 1.29 is 19.2 Å². The van der Waals surface area contributed by atoms with E-state index in [0.717, 1.165) is 10.6 Å². The molecule has 0 aromatic heterocycles. The van der Waals surface area contributed by atoms with Gasteiger partial charge in [-0.25, -0.2) is 9.86 Å². The standard InChI is InChI=1S/C15H20N2O4/c1-4-8-13(14(18)17(2)20-3)16-15(19)21-11-12-9-6-5-7-10-12/h4-7,9-10,13H,1,8,11H2,2-3H3,(H,16,19)/t13-/m1/s1. The number of rotatable bonds is 7. The molecule has 0 radical (unpaired) electrons. The average molecular weight is 292 g/mol. The monoisotopic (exact) mass is 292 g/mol. The molecule has 0 heterocycles. The molecule has 0 bridgehead atoms. The van der Waals surface area contributed by atoms with Gasteiger partial charge in [0.15, 0.2) is 0 Å². The van der Waals surface area contributed by atoms with Crippen LogP contribution in [0.15, 0.2) is 43.0 Å². The van der Waals surface area contributed by atoms with E-state index in [1.165, 1.54) is 14.2 Å². The molecule has 6 nitrogen and oxygen atoms in total. The van der Waals surface area contributed by atoms with Crippen molar-refractivity contribution in [2.75, 3.05) is 14.2 Å². The Morgan fingerprint density at radius 1 is 1.38 bits per heavy atom. The first-order valence-corrected chi connectivity index (χ1v) is 6.48. The van der Waals surface area contributed by atoms with Gasteiger partial charge in [-0.3, -0.25) is 9.63 Å². The number of likely N-dealkylation sites (N-methyl/N-ethyl adjacent to an activating group) is 1. The van der Waals surface area contributed by atoms with E-state index in [2.05, 4.69) is 11.9 Å². The predicted molar refractivity (Wildman–Crippen MR) is 78.1 cm³/mol. The van der Waals surface area contributed by atoms with Crippen LogP contribution >= 0.6 is 0 Å². The lowest BCUT2D eigenvalue weighted by molar-refractivity contribution is -0.170. The van der Waals surface area contributed by atoms with Crippen molar-refractivity contribution >= 4 is 12.0 Å². The predicted octanol–water partition coefficient (Wildman–Crippen LogP) is 1.88. The lowest BCUT2D eigenvalue weighted by Gasteiger charge is -2.21. The van der Waals surface area contributed by atoms with Crippen LogP contribution in [0.1, 0.15) is 12.0 Å². The lowest BCUT2D eigenvalue weighted by Crippen LogP contribution is -2.46. The third kappa shape index (κ3) is 5.66. The molecule has 0 aliphatic rings. The summed E-state index contributed by atoms with van der Waals surface area (Å²) in [6, 6.07) is 8.51. The highest BCUT2D eigenvalue weighted by atomic mass is 16.7. The van der Waals surface area contributed by atoms with Crippen LogP contribution < -0.4 is 5.32 Å². The third-order valence-corrected chi connectivity index (χ3v) is 2.79. The molecular weight excluding hydrogens is 272 g/mol. The highest BCUT2D eigenvalue weighted by molar-refractivity contribution is 5.84. The number of ether oxygens (including phenoxy) is 1. The van der Waals surface area contributed by atoms with Crippen molar-refractivity contribution in [3.8, 4) is 0 Å². The molecule has 0 saturated carbocycles. The maximum absolute atomic E-state index is 12.0. The molecule has 0 unspecified atom stereocenters. The Morgan fingerprint density at radius 2 is 2.05 bits per heavy atom. The minimum Gasteiger partial charge on any atom is -0.445 e. The van der Waals surface area contributed by atoms with E-state index in [-0.39, 0.29) is 18.9 Å². The first kappa shape index (κ1) is 16.7. The number of hydrogen-bond acceptors (Lipinski definition) is 4. The van der Waals surface area contributed by atoms with Gasteiger partial charge in [-0.05, 0) is 12.0 Å². The number of carbonyl (C=O) groups is 2. The summed E-state index contributed by atoms with van der Waals surface area (Å²) in [7, 11) is 2.84. The molecule has 0 spiro atoms. The van der Waals surface area contributed by atoms with Gasteiger partial charge in [0.2, 0.25) is 0 Å². The minimum atomic E-state index is -0.768. The Hall–Kier alpha value is -2.34. The number of nitrogens with one attached hydrogen (secondary N) is 1. The Kier molecular flexibility index (Phi) is 6.97. The van der Waals surface area contributed by atoms with Gasteiger partial charge in [0.25, 0.3) is 5.91 Å². The van der Waals surface area contributed by atoms with Gasteiger partial charge in [-0.2, -0.15) is 0 Å². The van der Waals surface area contributed by atoms with Crippen LogP contribution in [-0.2, 0) is 21.0 Å². The summed E-state index contributed by atoms with van der Waals surface area (Å²) in [5.41, 5.74) is 0.869. The van der Waals surface area contributed by atoms with Crippen LogP contribution in [0.5, 0.6) is 0 Å². The number of hydroxylamine groups is 2. The van der Waals surface area contributed by atoms with Gasteiger partial charge < -0.3 is 10.1 Å². The van der Waals surface area contributed by atoms with E-state index in [1.807, 2.05) is 30.3 Å².